The van der Waals surface area contributed by atoms with Crippen molar-refractivity contribution in [3.63, 3.8) is 0 Å². The summed E-state index contributed by atoms with van der Waals surface area (Å²) in [5.74, 6) is -0.558. The molecule has 1 aromatic carbocycles. The van der Waals surface area contributed by atoms with Gasteiger partial charge in [0, 0.05) is 19.8 Å². The molecule has 1 N–H and O–H groups in total. The molecule has 0 heterocycles. The van der Waals surface area contributed by atoms with Gasteiger partial charge in [0.2, 0.25) is 5.91 Å². The van der Waals surface area contributed by atoms with E-state index in [-0.39, 0.29) is 11.8 Å². The van der Waals surface area contributed by atoms with Crippen molar-refractivity contribution in [2.75, 3.05) is 19.4 Å². The highest BCUT2D eigenvalue weighted by Gasteiger charge is 2.15. The van der Waals surface area contributed by atoms with E-state index in [1.807, 2.05) is 0 Å². The maximum atomic E-state index is 11.8. The van der Waals surface area contributed by atoms with Gasteiger partial charge in [-0.15, -0.1) is 11.6 Å². The zero-order chi connectivity index (χ0) is 13.9. The number of anilines is 1. The van der Waals surface area contributed by atoms with E-state index in [4.69, 9.17) is 23.2 Å². The minimum absolute atomic E-state index is 0.227. The van der Waals surface area contributed by atoms with E-state index in [1.165, 1.54) is 11.0 Å². The lowest BCUT2D eigenvalue weighted by Gasteiger charge is -2.13. The lowest BCUT2D eigenvalue weighted by atomic mass is 10.1. The number of alkyl halides is 1. The second kappa shape index (κ2) is 6.07. The lowest BCUT2D eigenvalue weighted by molar-refractivity contribution is -0.115. The van der Waals surface area contributed by atoms with Crippen molar-refractivity contribution in [2.45, 2.75) is 12.3 Å². The Morgan fingerprint density at radius 2 is 1.94 bits per heavy atom. The van der Waals surface area contributed by atoms with Crippen LogP contribution in [0.2, 0.25) is 5.02 Å². The van der Waals surface area contributed by atoms with Gasteiger partial charge in [0.05, 0.1) is 10.6 Å². The van der Waals surface area contributed by atoms with Gasteiger partial charge in [-0.2, -0.15) is 0 Å². The maximum absolute atomic E-state index is 11.8. The largest absolute Gasteiger partial charge is 0.345 e. The summed E-state index contributed by atoms with van der Waals surface area (Å²) >= 11 is 11.6. The van der Waals surface area contributed by atoms with Crippen molar-refractivity contribution >= 4 is 40.7 Å². The molecule has 0 saturated carbocycles. The topological polar surface area (TPSA) is 49.4 Å². The Balaban J connectivity index is 3.01. The first-order valence-corrected chi connectivity index (χ1v) is 6.10. The number of nitrogens with zero attached hydrogens (tertiary/aromatic N) is 1. The molecular formula is C12H14Cl2N2O2. The Morgan fingerprint density at radius 3 is 2.44 bits per heavy atom. The number of carbonyl (C=O) groups is 2. The molecule has 0 aliphatic heterocycles. The van der Waals surface area contributed by atoms with Crippen molar-refractivity contribution in [2.24, 2.45) is 0 Å². The fraction of sp³-hybridized carbons (Fsp3) is 0.333. The van der Waals surface area contributed by atoms with E-state index in [2.05, 4.69) is 5.32 Å². The number of halogens is 2. The van der Waals surface area contributed by atoms with Crippen LogP contribution in [0.4, 0.5) is 5.69 Å². The summed E-state index contributed by atoms with van der Waals surface area (Å²) in [7, 11) is 3.26. The molecule has 1 atom stereocenters. The highest BCUT2D eigenvalue weighted by atomic mass is 35.5. The number of nitrogens with one attached hydrogen (secondary N) is 1. The minimum atomic E-state index is -0.645. The Hall–Kier alpha value is -1.26. The zero-order valence-corrected chi connectivity index (χ0v) is 11.8. The van der Waals surface area contributed by atoms with Crippen LogP contribution in [0.25, 0.3) is 0 Å². The summed E-state index contributed by atoms with van der Waals surface area (Å²) in [5.41, 5.74) is 0.823. The van der Waals surface area contributed by atoms with Gasteiger partial charge < -0.3 is 10.2 Å². The predicted molar refractivity (Wildman–Crippen MR) is 73.4 cm³/mol. The van der Waals surface area contributed by atoms with Gasteiger partial charge in [0.15, 0.2) is 0 Å². The molecule has 0 saturated heterocycles. The molecule has 0 fully saturated rings. The van der Waals surface area contributed by atoms with Crippen LogP contribution in [0, 0.1) is 0 Å². The normalized spacial score (nSPS) is 11.8. The first-order valence-electron chi connectivity index (χ1n) is 5.29. The summed E-state index contributed by atoms with van der Waals surface area (Å²) in [4.78, 5) is 24.7. The van der Waals surface area contributed by atoms with Crippen LogP contribution >= 0.6 is 23.2 Å². The molecule has 0 aromatic heterocycles. The minimum Gasteiger partial charge on any atom is -0.345 e. The quantitative estimate of drug-likeness (QED) is 0.869. The van der Waals surface area contributed by atoms with Crippen LogP contribution in [-0.4, -0.2) is 36.2 Å². The molecule has 0 spiro atoms. The van der Waals surface area contributed by atoms with Crippen LogP contribution in [-0.2, 0) is 4.79 Å². The summed E-state index contributed by atoms with van der Waals surface area (Å²) in [5, 5.41) is 2.30. The van der Waals surface area contributed by atoms with Crippen molar-refractivity contribution in [1.82, 2.24) is 4.90 Å². The highest BCUT2D eigenvalue weighted by molar-refractivity contribution is 6.34. The number of hydrogen-bond donors (Lipinski definition) is 1. The van der Waals surface area contributed by atoms with Crippen LogP contribution in [0.5, 0.6) is 0 Å². The lowest BCUT2D eigenvalue weighted by Crippen LogP contribution is -2.23. The molecule has 0 aliphatic rings. The van der Waals surface area contributed by atoms with Crippen LogP contribution in [0.15, 0.2) is 18.2 Å². The Kier molecular flexibility index (Phi) is 4.99. The summed E-state index contributed by atoms with van der Waals surface area (Å²) in [6, 6.07) is 4.71. The van der Waals surface area contributed by atoms with E-state index in [9.17, 15) is 9.59 Å². The number of benzene rings is 1. The molecule has 6 heteroatoms. The summed E-state index contributed by atoms with van der Waals surface area (Å²) in [6.07, 6.45) is 0. The first-order chi connectivity index (χ1) is 8.32. The van der Waals surface area contributed by atoms with E-state index in [0.29, 0.717) is 16.3 Å². The van der Waals surface area contributed by atoms with Gasteiger partial charge in [-0.25, -0.2) is 0 Å². The number of rotatable bonds is 3. The predicted octanol–water partition coefficient (Wildman–Crippen LogP) is 2.61. The average Bonchev–Trinajstić information content (AvgIpc) is 2.30. The Morgan fingerprint density at radius 1 is 1.33 bits per heavy atom. The van der Waals surface area contributed by atoms with Gasteiger partial charge >= 0.3 is 0 Å². The fourth-order valence-electron chi connectivity index (χ4n) is 1.25. The zero-order valence-electron chi connectivity index (χ0n) is 10.3. The molecule has 1 rings (SSSR count). The van der Waals surface area contributed by atoms with E-state index < -0.39 is 5.38 Å². The second-order valence-corrected chi connectivity index (χ2v) is 5.06. The molecule has 2 amide bonds. The summed E-state index contributed by atoms with van der Waals surface area (Å²) < 4.78 is 0. The van der Waals surface area contributed by atoms with E-state index in [1.54, 1.807) is 33.2 Å². The molecule has 0 bridgehead atoms. The molecule has 0 radical (unpaired) electrons. The van der Waals surface area contributed by atoms with Crippen molar-refractivity contribution < 1.29 is 9.59 Å². The standard InChI is InChI=1S/C12H14Cl2N2O2/c1-7(13)11(17)15-8-4-5-10(14)9(6-8)12(18)16(2)3/h4-7H,1-3H3,(H,15,17). The average molecular weight is 289 g/mol. The van der Waals surface area contributed by atoms with Crippen molar-refractivity contribution in [3.8, 4) is 0 Å². The van der Waals surface area contributed by atoms with Crippen molar-refractivity contribution in [1.29, 1.82) is 0 Å². The SMILES string of the molecule is CC(Cl)C(=O)Nc1ccc(Cl)c(C(=O)N(C)C)c1. The van der Waals surface area contributed by atoms with Gasteiger partial charge in [-0.3, -0.25) is 9.59 Å². The molecule has 1 aromatic rings. The Labute approximate surface area is 116 Å². The third-order valence-corrected chi connectivity index (χ3v) is 2.76. The molecule has 98 valence electrons. The maximum Gasteiger partial charge on any atom is 0.254 e. The van der Waals surface area contributed by atoms with Gasteiger partial charge in [0.1, 0.15) is 5.38 Å². The van der Waals surface area contributed by atoms with Crippen molar-refractivity contribution in [3.05, 3.63) is 28.8 Å². The van der Waals surface area contributed by atoms with E-state index >= 15 is 0 Å². The summed E-state index contributed by atoms with van der Waals surface area (Å²) in [6.45, 7) is 1.57. The number of hydrogen-bond acceptors (Lipinski definition) is 2. The van der Waals surface area contributed by atoms with Gasteiger partial charge in [0.25, 0.3) is 5.91 Å². The molecule has 4 nitrogen and oxygen atoms in total. The molecular weight excluding hydrogens is 275 g/mol. The smallest absolute Gasteiger partial charge is 0.254 e. The van der Waals surface area contributed by atoms with E-state index in [0.717, 1.165) is 0 Å². The Bertz CT molecular complexity index is 473. The van der Waals surface area contributed by atoms with Crippen LogP contribution < -0.4 is 5.32 Å². The molecule has 0 aliphatic carbocycles. The third-order valence-electron chi connectivity index (χ3n) is 2.23. The number of amides is 2. The molecule has 18 heavy (non-hydrogen) atoms. The highest BCUT2D eigenvalue weighted by Crippen LogP contribution is 2.22. The first kappa shape index (κ1) is 14.8. The van der Waals surface area contributed by atoms with Gasteiger partial charge in [-0.1, -0.05) is 11.6 Å². The number of carbonyl (C=O) groups excluding carboxylic acids is 2. The molecule has 1 unspecified atom stereocenters. The third kappa shape index (κ3) is 3.62. The van der Waals surface area contributed by atoms with Crippen LogP contribution in [0.3, 0.4) is 0 Å². The monoisotopic (exact) mass is 288 g/mol. The van der Waals surface area contributed by atoms with Crippen LogP contribution in [0.1, 0.15) is 17.3 Å². The second-order valence-electron chi connectivity index (χ2n) is 4.00. The van der Waals surface area contributed by atoms with Gasteiger partial charge in [-0.05, 0) is 25.1 Å². The fourth-order valence-corrected chi connectivity index (χ4v) is 1.50.